The lowest BCUT2D eigenvalue weighted by molar-refractivity contribution is 1.18. The molecule has 56 valence electrons. The third kappa shape index (κ3) is 1.89. The van der Waals surface area contributed by atoms with E-state index in [0.717, 1.165) is 0 Å². The van der Waals surface area contributed by atoms with Gasteiger partial charge in [-0.1, -0.05) is 0 Å². The Morgan fingerprint density at radius 1 is 1.33 bits per heavy atom. The van der Waals surface area contributed by atoms with Crippen LogP contribution < -0.4 is 0 Å². The second kappa shape index (κ2) is 3.85. The van der Waals surface area contributed by atoms with E-state index in [2.05, 4.69) is 9.97 Å². The summed E-state index contributed by atoms with van der Waals surface area (Å²) < 4.78 is 0. The summed E-state index contributed by atoms with van der Waals surface area (Å²) in [6.07, 6.45) is 5.88. The maximum absolute atomic E-state index is 8.40. The second-order valence-electron chi connectivity index (χ2n) is 1.91. The Kier molecular flexibility index (Phi) is 2.53. The first-order valence-corrected chi connectivity index (χ1v) is 3.14. The van der Waals surface area contributed by atoms with Crippen molar-refractivity contribution < 1.29 is 0 Å². The summed E-state index contributed by atoms with van der Waals surface area (Å²) in [6.45, 7) is 0. The highest BCUT2D eigenvalue weighted by Gasteiger charge is 1.93. The van der Waals surface area contributed by atoms with Crippen molar-refractivity contribution in [2.45, 2.75) is 0 Å². The Morgan fingerprint density at radius 2 is 2.08 bits per heavy atom. The zero-order valence-corrected chi connectivity index (χ0v) is 6.10. The van der Waals surface area contributed by atoms with E-state index in [4.69, 9.17) is 10.5 Å². The number of nitrogens with zero attached hydrogens (tertiary/aromatic N) is 4. The monoisotopic (exact) mass is 156 g/mol. The Morgan fingerprint density at radius 3 is 2.58 bits per heavy atom. The normalized spacial score (nSPS) is 7.83. The second-order valence-corrected chi connectivity index (χ2v) is 1.91. The molecule has 0 aliphatic rings. The van der Waals surface area contributed by atoms with E-state index in [1.54, 1.807) is 12.1 Å². The SMILES string of the molecule is N#CC(C#N)=Cc1cnccn1. The molecular formula is C8H4N4. The van der Waals surface area contributed by atoms with Crippen molar-refractivity contribution in [1.29, 1.82) is 10.5 Å². The van der Waals surface area contributed by atoms with Crippen molar-refractivity contribution in [2.24, 2.45) is 0 Å². The molecule has 0 saturated carbocycles. The molecule has 0 radical (unpaired) electrons. The Bertz CT molecular complexity index is 350. The molecule has 0 atom stereocenters. The molecule has 0 saturated heterocycles. The zero-order valence-electron chi connectivity index (χ0n) is 6.10. The molecule has 0 aliphatic heterocycles. The predicted molar refractivity (Wildman–Crippen MR) is 41.2 cm³/mol. The van der Waals surface area contributed by atoms with Gasteiger partial charge in [0.1, 0.15) is 17.7 Å². The molecule has 0 aromatic carbocycles. The Labute approximate surface area is 69.4 Å². The topological polar surface area (TPSA) is 73.4 Å². The predicted octanol–water partition coefficient (Wildman–Crippen LogP) is 0.907. The standard InChI is InChI=1S/C8H4N4/c9-4-7(5-10)3-8-6-11-1-2-12-8/h1-3,6H. The van der Waals surface area contributed by atoms with Gasteiger partial charge in [0, 0.05) is 12.4 Å². The van der Waals surface area contributed by atoms with E-state index < -0.39 is 0 Å². The third-order valence-corrected chi connectivity index (χ3v) is 1.12. The molecule has 1 aromatic heterocycles. The van der Waals surface area contributed by atoms with Gasteiger partial charge in [0.2, 0.25) is 0 Å². The van der Waals surface area contributed by atoms with Gasteiger partial charge in [-0.2, -0.15) is 10.5 Å². The number of allylic oxidation sites excluding steroid dienone is 1. The fraction of sp³-hybridized carbons (Fsp3) is 0. The van der Waals surface area contributed by atoms with E-state index in [1.807, 2.05) is 0 Å². The van der Waals surface area contributed by atoms with Gasteiger partial charge in [0.05, 0.1) is 11.9 Å². The van der Waals surface area contributed by atoms with Crippen LogP contribution in [-0.2, 0) is 0 Å². The van der Waals surface area contributed by atoms with Gasteiger partial charge in [0.15, 0.2) is 0 Å². The maximum atomic E-state index is 8.40. The van der Waals surface area contributed by atoms with Crippen LogP contribution in [0.5, 0.6) is 0 Å². The number of aromatic nitrogens is 2. The average molecular weight is 156 g/mol. The van der Waals surface area contributed by atoms with Gasteiger partial charge in [-0.05, 0) is 6.08 Å². The lowest BCUT2D eigenvalue weighted by atomic mass is 10.2. The third-order valence-electron chi connectivity index (χ3n) is 1.12. The highest BCUT2D eigenvalue weighted by molar-refractivity contribution is 5.58. The molecule has 4 nitrogen and oxygen atoms in total. The fourth-order valence-electron chi connectivity index (χ4n) is 0.623. The van der Waals surface area contributed by atoms with Gasteiger partial charge in [-0.15, -0.1) is 0 Å². The van der Waals surface area contributed by atoms with Crippen LogP contribution in [0.4, 0.5) is 0 Å². The van der Waals surface area contributed by atoms with Crippen LogP contribution in [0.25, 0.3) is 6.08 Å². The number of hydrogen-bond acceptors (Lipinski definition) is 4. The minimum Gasteiger partial charge on any atom is -0.261 e. The van der Waals surface area contributed by atoms with Gasteiger partial charge in [-0.25, -0.2) is 0 Å². The minimum atomic E-state index is 0.0236. The largest absolute Gasteiger partial charge is 0.261 e. The molecular weight excluding hydrogens is 152 g/mol. The van der Waals surface area contributed by atoms with Crippen LogP contribution in [-0.4, -0.2) is 9.97 Å². The van der Waals surface area contributed by atoms with Crippen LogP contribution in [0.3, 0.4) is 0 Å². The van der Waals surface area contributed by atoms with Gasteiger partial charge in [0.25, 0.3) is 0 Å². The summed E-state index contributed by atoms with van der Waals surface area (Å²) in [5.41, 5.74) is 0.533. The summed E-state index contributed by atoms with van der Waals surface area (Å²) in [5, 5.41) is 16.8. The van der Waals surface area contributed by atoms with Crippen molar-refractivity contribution in [3.63, 3.8) is 0 Å². The molecule has 4 heteroatoms. The molecule has 0 amide bonds. The molecule has 0 spiro atoms. The molecule has 0 aliphatic carbocycles. The summed E-state index contributed by atoms with van der Waals surface area (Å²) >= 11 is 0. The van der Waals surface area contributed by atoms with Crippen LogP contribution in [0.1, 0.15) is 5.69 Å². The molecule has 1 aromatic rings. The lowest BCUT2D eigenvalue weighted by Gasteiger charge is -1.87. The maximum Gasteiger partial charge on any atom is 0.131 e. The van der Waals surface area contributed by atoms with Crippen LogP contribution >= 0.6 is 0 Å². The molecule has 0 fully saturated rings. The first kappa shape index (κ1) is 7.90. The van der Waals surface area contributed by atoms with Crippen molar-refractivity contribution in [3.05, 3.63) is 29.9 Å². The molecule has 0 N–H and O–H groups in total. The van der Waals surface area contributed by atoms with Crippen LogP contribution in [0, 0.1) is 22.7 Å². The van der Waals surface area contributed by atoms with E-state index in [9.17, 15) is 0 Å². The Balaban J connectivity index is 2.98. The Hall–Kier alpha value is -2.20. The van der Waals surface area contributed by atoms with Crippen molar-refractivity contribution in [2.75, 3.05) is 0 Å². The smallest absolute Gasteiger partial charge is 0.131 e. The number of nitriles is 2. The zero-order chi connectivity index (χ0) is 8.81. The molecule has 1 heterocycles. The first-order chi connectivity index (χ1) is 5.86. The highest BCUT2D eigenvalue weighted by Crippen LogP contribution is 1.99. The minimum absolute atomic E-state index is 0.0236. The summed E-state index contributed by atoms with van der Waals surface area (Å²) in [7, 11) is 0. The quantitative estimate of drug-likeness (QED) is 0.566. The molecule has 12 heavy (non-hydrogen) atoms. The highest BCUT2D eigenvalue weighted by atomic mass is 14.8. The first-order valence-electron chi connectivity index (χ1n) is 3.14. The van der Waals surface area contributed by atoms with Gasteiger partial charge < -0.3 is 0 Å². The fourth-order valence-corrected chi connectivity index (χ4v) is 0.623. The number of hydrogen-bond donors (Lipinski definition) is 0. The summed E-state index contributed by atoms with van der Waals surface area (Å²) in [4.78, 5) is 7.65. The van der Waals surface area contributed by atoms with Gasteiger partial charge >= 0.3 is 0 Å². The average Bonchev–Trinajstić information content (AvgIpc) is 2.16. The van der Waals surface area contributed by atoms with E-state index in [-0.39, 0.29) is 5.57 Å². The summed E-state index contributed by atoms with van der Waals surface area (Å²) in [6, 6.07) is 3.46. The van der Waals surface area contributed by atoms with Crippen molar-refractivity contribution in [3.8, 4) is 12.1 Å². The van der Waals surface area contributed by atoms with Crippen molar-refractivity contribution in [1.82, 2.24) is 9.97 Å². The molecule has 1 rings (SSSR count). The van der Waals surface area contributed by atoms with Crippen molar-refractivity contribution >= 4 is 6.08 Å². The lowest BCUT2D eigenvalue weighted by Crippen LogP contribution is -1.82. The van der Waals surface area contributed by atoms with E-state index >= 15 is 0 Å². The van der Waals surface area contributed by atoms with Crippen LogP contribution in [0.2, 0.25) is 0 Å². The van der Waals surface area contributed by atoms with E-state index in [0.29, 0.717) is 5.69 Å². The number of rotatable bonds is 1. The summed E-state index contributed by atoms with van der Waals surface area (Å²) in [5.74, 6) is 0. The van der Waals surface area contributed by atoms with Gasteiger partial charge in [-0.3, -0.25) is 9.97 Å². The van der Waals surface area contributed by atoms with Crippen LogP contribution in [0.15, 0.2) is 24.2 Å². The van der Waals surface area contributed by atoms with E-state index in [1.165, 1.54) is 24.7 Å². The molecule has 0 bridgehead atoms. The molecule has 0 unspecified atom stereocenters.